The number of aliphatic hydroxyl groups excluding tert-OH is 1. The summed E-state index contributed by atoms with van der Waals surface area (Å²) in [6, 6.07) is 8.30. The molecule has 0 aliphatic heterocycles. The van der Waals surface area contributed by atoms with E-state index in [1.54, 1.807) is 0 Å². The molecule has 0 amide bonds. The minimum Gasteiger partial charge on any atom is -0.396 e. The van der Waals surface area contributed by atoms with Gasteiger partial charge in [-0.3, -0.25) is 0 Å². The summed E-state index contributed by atoms with van der Waals surface area (Å²) in [5, 5.41) is 17.2. The number of aliphatic hydroxyl groups is 1. The number of hydrogen-bond acceptors (Lipinski definition) is 5. The molecule has 0 spiro atoms. The monoisotopic (exact) mass is 286 g/mol. The van der Waals surface area contributed by atoms with Crippen LogP contribution in [0.15, 0.2) is 24.3 Å². The highest BCUT2D eigenvalue weighted by Gasteiger charge is 2.25. The second-order valence-electron chi connectivity index (χ2n) is 5.64. The first kappa shape index (κ1) is 14.1. The van der Waals surface area contributed by atoms with Crippen LogP contribution in [-0.4, -0.2) is 34.8 Å². The first-order valence-corrected chi connectivity index (χ1v) is 7.63. The first-order valence-electron chi connectivity index (χ1n) is 7.63. The molecule has 5 nitrogen and oxygen atoms in total. The van der Waals surface area contributed by atoms with Crippen LogP contribution in [0.1, 0.15) is 25.7 Å². The Morgan fingerprint density at radius 3 is 2.81 bits per heavy atom. The fourth-order valence-corrected chi connectivity index (χ4v) is 3.09. The average molecular weight is 286 g/mol. The number of benzene rings is 1. The normalized spacial score (nSPS) is 22.2. The molecule has 0 bridgehead atoms. The Morgan fingerprint density at radius 2 is 2.00 bits per heavy atom. The van der Waals surface area contributed by atoms with Crippen LogP contribution >= 0.6 is 0 Å². The van der Waals surface area contributed by atoms with E-state index < -0.39 is 0 Å². The Hall–Kier alpha value is -1.88. The zero-order valence-electron chi connectivity index (χ0n) is 12.3. The van der Waals surface area contributed by atoms with E-state index in [-0.39, 0.29) is 12.6 Å². The Morgan fingerprint density at radius 1 is 1.19 bits per heavy atom. The van der Waals surface area contributed by atoms with Gasteiger partial charge in [-0.25, -0.2) is 4.98 Å². The molecule has 1 saturated carbocycles. The van der Waals surface area contributed by atoms with Gasteiger partial charge in [-0.2, -0.15) is 4.98 Å². The highest BCUT2D eigenvalue weighted by molar-refractivity contribution is 5.90. The van der Waals surface area contributed by atoms with Gasteiger partial charge in [0, 0.05) is 31.0 Å². The molecule has 1 heterocycles. The Labute approximate surface area is 124 Å². The highest BCUT2D eigenvalue weighted by Crippen LogP contribution is 2.29. The first-order chi connectivity index (χ1) is 10.3. The minimum atomic E-state index is 0.236. The van der Waals surface area contributed by atoms with Crippen molar-refractivity contribution in [2.75, 3.05) is 24.3 Å². The average Bonchev–Trinajstić information content (AvgIpc) is 2.55. The molecule has 3 rings (SSSR count). The molecule has 0 radical (unpaired) electrons. The smallest absolute Gasteiger partial charge is 0.224 e. The van der Waals surface area contributed by atoms with E-state index in [2.05, 4.69) is 20.6 Å². The third kappa shape index (κ3) is 2.93. The van der Waals surface area contributed by atoms with Gasteiger partial charge in [0.25, 0.3) is 0 Å². The van der Waals surface area contributed by atoms with Gasteiger partial charge < -0.3 is 15.7 Å². The van der Waals surface area contributed by atoms with E-state index in [0.29, 0.717) is 11.9 Å². The van der Waals surface area contributed by atoms with Crippen molar-refractivity contribution in [1.29, 1.82) is 0 Å². The summed E-state index contributed by atoms with van der Waals surface area (Å²) < 4.78 is 0. The zero-order chi connectivity index (χ0) is 14.7. The van der Waals surface area contributed by atoms with Crippen LogP contribution in [0.3, 0.4) is 0 Å². The molecule has 0 saturated heterocycles. The van der Waals surface area contributed by atoms with E-state index in [1.165, 1.54) is 12.8 Å². The number of aromatic nitrogens is 2. The van der Waals surface area contributed by atoms with Crippen LogP contribution in [0.5, 0.6) is 0 Å². The minimum absolute atomic E-state index is 0.236. The number of nitrogens with one attached hydrogen (secondary N) is 2. The molecule has 2 unspecified atom stereocenters. The van der Waals surface area contributed by atoms with E-state index in [4.69, 9.17) is 0 Å². The molecular formula is C16H22N4O. The highest BCUT2D eigenvalue weighted by atomic mass is 16.3. The standard InChI is InChI=1S/C16H22N4O/c1-17-16-19-14-9-5-3-7-12(14)15(20-16)18-13-8-4-2-6-11(13)10-21/h3,5,7,9,11,13,21H,2,4,6,8,10H2,1H3,(H2,17,18,19,20). The summed E-state index contributed by atoms with van der Waals surface area (Å²) in [4.78, 5) is 9.04. The summed E-state index contributed by atoms with van der Waals surface area (Å²) in [6.07, 6.45) is 4.57. The van der Waals surface area contributed by atoms with Gasteiger partial charge in [0.2, 0.25) is 5.95 Å². The van der Waals surface area contributed by atoms with E-state index in [0.717, 1.165) is 29.6 Å². The summed E-state index contributed by atoms with van der Waals surface area (Å²) in [7, 11) is 1.82. The maximum Gasteiger partial charge on any atom is 0.224 e. The largest absolute Gasteiger partial charge is 0.396 e. The summed E-state index contributed by atoms with van der Waals surface area (Å²) in [5.74, 6) is 1.79. The van der Waals surface area contributed by atoms with Gasteiger partial charge in [0.15, 0.2) is 0 Å². The lowest BCUT2D eigenvalue weighted by Gasteiger charge is -2.31. The molecule has 1 fully saturated rings. The van der Waals surface area contributed by atoms with Crippen LogP contribution < -0.4 is 10.6 Å². The predicted octanol–water partition coefficient (Wildman–Crippen LogP) is 2.63. The third-order valence-electron chi connectivity index (χ3n) is 4.29. The molecule has 1 aromatic heterocycles. The lowest BCUT2D eigenvalue weighted by Crippen LogP contribution is -2.34. The molecule has 1 aromatic carbocycles. The third-order valence-corrected chi connectivity index (χ3v) is 4.29. The van der Waals surface area contributed by atoms with Gasteiger partial charge in [0.1, 0.15) is 5.82 Å². The molecule has 3 N–H and O–H groups in total. The Kier molecular flexibility index (Phi) is 4.20. The molecule has 2 atom stereocenters. The number of anilines is 2. The fraction of sp³-hybridized carbons (Fsp3) is 0.500. The van der Waals surface area contributed by atoms with Crippen LogP contribution in [0.25, 0.3) is 10.9 Å². The molecule has 1 aliphatic carbocycles. The lowest BCUT2D eigenvalue weighted by molar-refractivity contribution is 0.178. The quantitative estimate of drug-likeness (QED) is 0.806. The molecule has 21 heavy (non-hydrogen) atoms. The fourth-order valence-electron chi connectivity index (χ4n) is 3.09. The van der Waals surface area contributed by atoms with Crippen molar-refractivity contribution >= 4 is 22.7 Å². The number of para-hydroxylation sites is 1. The number of fused-ring (bicyclic) bond motifs is 1. The SMILES string of the molecule is CNc1nc(NC2CCCCC2CO)c2ccccc2n1. The van der Waals surface area contributed by atoms with Gasteiger partial charge in [-0.1, -0.05) is 25.0 Å². The molecular weight excluding hydrogens is 264 g/mol. The van der Waals surface area contributed by atoms with E-state index in [9.17, 15) is 5.11 Å². The summed E-state index contributed by atoms with van der Waals surface area (Å²) in [6.45, 7) is 0.236. The van der Waals surface area contributed by atoms with E-state index in [1.807, 2.05) is 31.3 Å². The number of rotatable bonds is 4. The van der Waals surface area contributed by atoms with Crippen molar-refractivity contribution in [2.24, 2.45) is 5.92 Å². The topological polar surface area (TPSA) is 70.1 Å². The predicted molar refractivity (Wildman–Crippen MR) is 85.5 cm³/mol. The molecule has 2 aromatic rings. The summed E-state index contributed by atoms with van der Waals surface area (Å²) in [5.41, 5.74) is 0.927. The zero-order valence-corrected chi connectivity index (χ0v) is 12.3. The molecule has 1 aliphatic rings. The Balaban J connectivity index is 1.95. The van der Waals surface area contributed by atoms with Crippen molar-refractivity contribution in [3.05, 3.63) is 24.3 Å². The second kappa shape index (κ2) is 6.26. The Bertz CT molecular complexity index is 616. The maximum absolute atomic E-state index is 9.57. The van der Waals surface area contributed by atoms with Crippen LogP contribution in [-0.2, 0) is 0 Å². The van der Waals surface area contributed by atoms with Crippen molar-refractivity contribution in [2.45, 2.75) is 31.7 Å². The number of hydrogen-bond donors (Lipinski definition) is 3. The van der Waals surface area contributed by atoms with Crippen LogP contribution in [0.4, 0.5) is 11.8 Å². The van der Waals surface area contributed by atoms with Crippen molar-refractivity contribution in [3.63, 3.8) is 0 Å². The maximum atomic E-state index is 9.57. The second-order valence-corrected chi connectivity index (χ2v) is 5.64. The van der Waals surface area contributed by atoms with E-state index >= 15 is 0 Å². The van der Waals surface area contributed by atoms with Crippen molar-refractivity contribution in [3.8, 4) is 0 Å². The summed E-state index contributed by atoms with van der Waals surface area (Å²) >= 11 is 0. The van der Waals surface area contributed by atoms with Gasteiger partial charge >= 0.3 is 0 Å². The van der Waals surface area contributed by atoms with Crippen molar-refractivity contribution in [1.82, 2.24) is 9.97 Å². The van der Waals surface area contributed by atoms with Gasteiger partial charge in [-0.15, -0.1) is 0 Å². The van der Waals surface area contributed by atoms with Crippen molar-refractivity contribution < 1.29 is 5.11 Å². The van der Waals surface area contributed by atoms with Crippen LogP contribution in [0, 0.1) is 5.92 Å². The number of nitrogens with zero attached hydrogens (tertiary/aromatic N) is 2. The lowest BCUT2D eigenvalue weighted by atomic mass is 9.85. The van der Waals surface area contributed by atoms with Gasteiger partial charge in [-0.05, 0) is 25.0 Å². The van der Waals surface area contributed by atoms with Gasteiger partial charge in [0.05, 0.1) is 5.52 Å². The molecule has 5 heteroatoms. The molecule has 112 valence electrons. The van der Waals surface area contributed by atoms with Crippen LogP contribution in [0.2, 0.25) is 0 Å².